The molecule has 0 spiro atoms. The summed E-state index contributed by atoms with van der Waals surface area (Å²) in [6, 6.07) is 11.8. The van der Waals surface area contributed by atoms with E-state index in [0.29, 0.717) is 17.9 Å². The number of esters is 1. The monoisotopic (exact) mass is 359 g/mol. The zero-order valence-electron chi connectivity index (χ0n) is 14.8. The van der Waals surface area contributed by atoms with Gasteiger partial charge in [0.15, 0.2) is 0 Å². The highest BCUT2D eigenvalue weighted by molar-refractivity contribution is 5.94. The van der Waals surface area contributed by atoms with E-state index in [9.17, 15) is 14.0 Å². The van der Waals surface area contributed by atoms with Crippen LogP contribution in [0.15, 0.2) is 48.5 Å². The summed E-state index contributed by atoms with van der Waals surface area (Å²) in [5.41, 5.74) is 1.06. The lowest BCUT2D eigenvalue weighted by Gasteiger charge is -2.19. The fourth-order valence-electron chi connectivity index (χ4n) is 2.44. The first-order valence-electron chi connectivity index (χ1n) is 8.48. The van der Waals surface area contributed by atoms with Crippen molar-refractivity contribution in [2.75, 3.05) is 13.2 Å². The van der Waals surface area contributed by atoms with Gasteiger partial charge in [-0.25, -0.2) is 4.39 Å². The van der Waals surface area contributed by atoms with Crippen molar-refractivity contribution < 1.29 is 23.5 Å². The number of hydrogen-bond donors (Lipinski definition) is 1. The van der Waals surface area contributed by atoms with Crippen LogP contribution in [-0.2, 0) is 9.53 Å². The van der Waals surface area contributed by atoms with Gasteiger partial charge < -0.3 is 14.8 Å². The van der Waals surface area contributed by atoms with Crippen molar-refractivity contribution in [3.63, 3.8) is 0 Å². The number of benzene rings is 2. The molecular formula is C20H22FNO4. The number of ether oxygens (including phenoxy) is 2. The van der Waals surface area contributed by atoms with E-state index < -0.39 is 23.7 Å². The number of nitrogens with one attached hydrogen (secondary N) is 1. The van der Waals surface area contributed by atoms with E-state index in [0.717, 1.165) is 5.56 Å². The van der Waals surface area contributed by atoms with Crippen LogP contribution in [0.3, 0.4) is 0 Å². The summed E-state index contributed by atoms with van der Waals surface area (Å²) in [7, 11) is 0. The number of carbonyl (C=O) groups excluding carboxylic acids is 2. The molecule has 0 heterocycles. The van der Waals surface area contributed by atoms with Crippen molar-refractivity contribution in [1.82, 2.24) is 5.32 Å². The molecule has 0 fully saturated rings. The van der Waals surface area contributed by atoms with Crippen LogP contribution in [0.4, 0.5) is 4.39 Å². The highest BCUT2D eigenvalue weighted by Gasteiger charge is 2.20. The van der Waals surface area contributed by atoms with Crippen molar-refractivity contribution in [2.24, 2.45) is 0 Å². The minimum absolute atomic E-state index is 0.00520. The van der Waals surface area contributed by atoms with E-state index in [1.54, 1.807) is 31.2 Å². The van der Waals surface area contributed by atoms with Crippen LogP contribution < -0.4 is 10.1 Å². The standard InChI is InChI=1S/C20H22FNO4/c1-3-25-17-11-7-14(8-12-17)18(13-19(23)26-4-2)22-20(24)15-5-9-16(21)10-6-15/h5-12,18H,3-4,13H2,1-2H3,(H,22,24)/t18-/m0/s1. The molecule has 0 saturated heterocycles. The topological polar surface area (TPSA) is 64.6 Å². The Hall–Kier alpha value is -2.89. The van der Waals surface area contributed by atoms with Gasteiger partial charge in [-0.3, -0.25) is 9.59 Å². The highest BCUT2D eigenvalue weighted by atomic mass is 19.1. The highest BCUT2D eigenvalue weighted by Crippen LogP contribution is 2.22. The normalized spacial score (nSPS) is 11.5. The number of carbonyl (C=O) groups is 2. The first-order chi connectivity index (χ1) is 12.5. The van der Waals surface area contributed by atoms with Crippen LogP contribution in [0.5, 0.6) is 5.75 Å². The lowest BCUT2D eigenvalue weighted by Crippen LogP contribution is -2.30. The third kappa shape index (κ3) is 5.58. The minimum atomic E-state index is -0.567. The zero-order chi connectivity index (χ0) is 18.9. The molecule has 1 amide bonds. The minimum Gasteiger partial charge on any atom is -0.494 e. The summed E-state index contributed by atoms with van der Waals surface area (Å²) < 4.78 is 23.4. The fourth-order valence-corrected chi connectivity index (χ4v) is 2.44. The third-order valence-corrected chi connectivity index (χ3v) is 3.68. The number of rotatable bonds is 8. The molecule has 5 nitrogen and oxygen atoms in total. The Bertz CT molecular complexity index is 728. The van der Waals surface area contributed by atoms with Crippen molar-refractivity contribution in [3.05, 3.63) is 65.5 Å². The maximum absolute atomic E-state index is 13.0. The lowest BCUT2D eigenvalue weighted by molar-refractivity contribution is -0.143. The van der Waals surface area contributed by atoms with E-state index in [1.807, 2.05) is 6.92 Å². The average Bonchev–Trinajstić information content (AvgIpc) is 2.63. The van der Waals surface area contributed by atoms with Gasteiger partial charge >= 0.3 is 5.97 Å². The van der Waals surface area contributed by atoms with E-state index >= 15 is 0 Å². The molecule has 0 saturated carbocycles. The van der Waals surface area contributed by atoms with Gasteiger partial charge in [0.1, 0.15) is 11.6 Å². The molecule has 0 aliphatic heterocycles. The molecule has 0 aliphatic rings. The molecule has 0 unspecified atom stereocenters. The summed E-state index contributed by atoms with van der Waals surface area (Å²) in [5, 5.41) is 2.81. The summed E-state index contributed by atoms with van der Waals surface area (Å²) in [6.45, 7) is 4.43. The molecule has 2 rings (SSSR count). The van der Waals surface area contributed by atoms with Crippen LogP contribution in [0.1, 0.15) is 42.2 Å². The van der Waals surface area contributed by atoms with E-state index in [1.165, 1.54) is 24.3 Å². The maximum atomic E-state index is 13.0. The van der Waals surface area contributed by atoms with E-state index in [2.05, 4.69) is 5.32 Å². The van der Waals surface area contributed by atoms with Crippen LogP contribution in [0.25, 0.3) is 0 Å². The average molecular weight is 359 g/mol. The van der Waals surface area contributed by atoms with E-state index in [-0.39, 0.29) is 13.0 Å². The first-order valence-corrected chi connectivity index (χ1v) is 8.48. The third-order valence-electron chi connectivity index (χ3n) is 3.68. The Labute approximate surface area is 152 Å². The largest absolute Gasteiger partial charge is 0.494 e. The smallest absolute Gasteiger partial charge is 0.308 e. The summed E-state index contributed by atoms with van der Waals surface area (Å²) in [4.78, 5) is 24.3. The summed E-state index contributed by atoms with van der Waals surface area (Å²) in [5.74, 6) is -0.522. The van der Waals surface area contributed by atoms with Crippen LogP contribution in [-0.4, -0.2) is 25.1 Å². The molecule has 0 aliphatic carbocycles. The van der Waals surface area contributed by atoms with Gasteiger partial charge in [-0.15, -0.1) is 0 Å². The molecule has 1 atom stereocenters. The molecule has 26 heavy (non-hydrogen) atoms. The summed E-state index contributed by atoms with van der Waals surface area (Å²) >= 11 is 0. The van der Waals surface area contributed by atoms with Gasteiger partial charge in [0, 0.05) is 5.56 Å². The number of hydrogen-bond acceptors (Lipinski definition) is 4. The fraction of sp³-hybridized carbons (Fsp3) is 0.300. The Morgan fingerprint density at radius 2 is 1.65 bits per heavy atom. The zero-order valence-corrected chi connectivity index (χ0v) is 14.8. The molecule has 0 radical (unpaired) electrons. The second kappa shape index (κ2) is 9.56. The second-order valence-corrected chi connectivity index (χ2v) is 5.54. The lowest BCUT2D eigenvalue weighted by atomic mass is 10.0. The maximum Gasteiger partial charge on any atom is 0.308 e. The van der Waals surface area contributed by atoms with Crippen molar-refractivity contribution in [3.8, 4) is 5.75 Å². The number of amides is 1. The van der Waals surface area contributed by atoms with Gasteiger partial charge in [0.2, 0.25) is 0 Å². The molecule has 2 aromatic rings. The van der Waals surface area contributed by atoms with Crippen LogP contribution >= 0.6 is 0 Å². The summed E-state index contributed by atoms with van der Waals surface area (Å²) in [6.07, 6.45) is -0.00520. The molecular weight excluding hydrogens is 337 g/mol. The van der Waals surface area contributed by atoms with Gasteiger partial charge in [0.25, 0.3) is 5.91 Å². The SMILES string of the molecule is CCOC(=O)C[C@H](NC(=O)c1ccc(F)cc1)c1ccc(OCC)cc1. The quantitative estimate of drug-likeness (QED) is 0.731. The molecule has 6 heteroatoms. The van der Waals surface area contributed by atoms with Gasteiger partial charge in [-0.1, -0.05) is 12.1 Å². The van der Waals surface area contributed by atoms with Crippen LogP contribution in [0, 0.1) is 5.82 Å². The molecule has 0 bridgehead atoms. The van der Waals surface area contributed by atoms with Crippen molar-refractivity contribution in [2.45, 2.75) is 26.3 Å². The van der Waals surface area contributed by atoms with Gasteiger partial charge in [-0.2, -0.15) is 0 Å². The van der Waals surface area contributed by atoms with Crippen molar-refractivity contribution >= 4 is 11.9 Å². The Balaban J connectivity index is 2.18. The molecule has 1 N–H and O–H groups in total. The first kappa shape index (κ1) is 19.4. The predicted octanol–water partition coefficient (Wildman–Crippen LogP) is 3.65. The Morgan fingerprint density at radius 1 is 1.00 bits per heavy atom. The molecule has 0 aromatic heterocycles. The molecule has 138 valence electrons. The van der Waals surface area contributed by atoms with Gasteiger partial charge in [-0.05, 0) is 55.8 Å². The van der Waals surface area contributed by atoms with Gasteiger partial charge in [0.05, 0.1) is 25.7 Å². The second-order valence-electron chi connectivity index (χ2n) is 5.54. The predicted molar refractivity (Wildman–Crippen MR) is 95.5 cm³/mol. The molecule has 2 aromatic carbocycles. The van der Waals surface area contributed by atoms with Crippen molar-refractivity contribution in [1.29, 1.82) is 0 Å². The number of halogens is 1. The Kier molecular flexibility index (Phi) is 7.14. The van der Waals surface area contributed by atoms with Crippen LogP contribution in [0.2, 0.25) is 0 Å². The van der Waals surface area contributed by atoms with E-state index in [4.69, 9.17) is 9.47 Å². The Morgan fingerprint density at radius 3 is 2.23 bits per heavy atom.